The molecule has 2 heterocycles. The molecule has 0 radical (unpaired) electrons. The van der Waals surface area contributed by atoms with Gasteiger partial charge in [-0.1, -0.05) is 29.8 Å². The SMILES string of the molecule is COc1c(Cl)ccc(-c2nc(C(=O)O)c3c(C)cn(Cc4ccccc4[N+](=O)[O-])c3n2)c1F. The van der Waals surface area contributed by atoms with Gasteiger partial charge in [0.1, 0.15) is 5.65 Å². The van der Waals surface area contributed by atoms with E-state index < -0.39 is 16.7 Å². The van der Waals surface area contributed by atoms with Gasteiger partial charge in [0.25, 0.3) is 5.69 Å². The number of methoxy groups -OCH3 is 1. The zero-order valence-electron chi connectivity index (χ0n) is 17.4. The van der Waals surface area contributed by atoms with E-state index in [0.717, 1.165) is 0 Å². The van der Waals surface area contributed by atoms with Gasteiger partial charge in [-0.05, 0) is 24.6 Å². The Balaban J connectivity index is 1.97. The van der Waals surface area contributed by atoms with Gasteiger partial charge in [-0.25, -0.2) is 19.2 Å². The maximum Gasteiger partial charge on any atom is 0.355 e. The Morgan fingerprint density at radius 1 is 1.27 bits per heavy atom. The summed E-state index contributed by atoms with van der Waals surface area (Å²) in [5.41, 5.74) is 0.649. The van der Waals surface area contributed by atoms with E-state index in [-0.39, 0.29) is 51.1 Å². The number of nitrogens with zero attached hydrogens (tertiary/aromatic N) is 4. The van der Waals surface area contributed by atoms with Crippen LogP contribution in [0, 0.1) is 22.9 Å². The summed E-state index contributed by atoms with van der Waals surface area (Å²) in [5, 5.41) is 21.5. The first-order chi connectivity index (χ1) is 15.7. The van der Waals surface area contributed by atoms with Gasteiger partial charge in [0.05, 0.1) is 34.6 Å². The molecule has 4 rings (SSSR count). The molecule has 33 heavy (non-hydrogen) atoms. The topological polar surface area (TPSA) is 120 Å². The van der Waals surface area contributed by atoms with Gasteiger partial charge in [-0.3, -0.25) is 10.1 Å². The van der Waals surface area contributed by atoms with Crippen molar-refractivity contribution in [1.29, 1.82) is 0 Å². The predicted octanol–water partition coefficient (Wildman–Crippen LogP) is 4.86. The maximum absolute atomic E-state index is 15.0. The third kappa shape index (κ3) is 3.85. The molecule has 0 spiro atoms. The van der Waals surface area contributed by atoms with Crippen molar-refractivity contribution in [2.75, 3.05) is 7.11 Å². The van der Waals surface area contributed by atoms with Crippen LogP contribution in [0.4, 0.5) is 10.1 Å². The van der Waals surface area contributed by atoms with E-state index in [1.54, 1.807) is 35.9 Å². The molecule has 0 atom stereocenters. The Bertz CT molecular complexity index is 1440. The standard InChI is InChI=1S/C22H16ClFN4O5/c1-11-9-27(10-12-5-3-4-6-15(12)28(31)32)21-16(11)18(22(29)30)25-20(26-21)13-7-8-14(23)19(33-2)17(13)24/h3-9H,10H2,1-2H3,(H,29,30). The average Bonchev–Trinajstić information content (AvgIpc) is 3.09. The summed E-state index contributed by atoms with van der Waals surface area (Å²) in [6, 6.07) is 8.93. The number of benzene rings is 2. The van der Waals surface area contributed by atoms with E-state index >= 15 is 4.39 Å². The smallest absolute Gasteiger partial charge is 0.355 e. The van der Waals surface area contributed by atoms with Crippen LogP contribution in [-0.4, -0.2) is 37.6 Å². The Hall–Kier alpha value is -4.05. The first-order valence-corrected chi connectivity index (χ1v) is 9.96. The Morgan fingerprint density at radius 3 is 2.67 bits per heavy atom. The van der Waals surface area contributed by atoms with Crippen LogP contribution >= 0.6 is 11.6 Å². The summed E-state index contributed by atoms with van der Waals surface area (Å²) >= 11 is 5.97. The quantitative estimate of drug-likeness (QED) is 0.315. The second kappa shape index (κ2) is 8.47. The first kappa shape index (κ1) is 22.2. The fourth-order valence-corrected chi connectivity index (χ4v) is 3.90. The fourth-order valence-electron chi connectivity index (χ4n) is 3.67. The number of nitro benzene ring substituents is 1. The third-order valence-corrected chi connectivity index (χ3v) is 5.43. The molecule has 0 saturated heterocycles. The summed E-state index contributed by atoms with van der Waals surface area (Å²) in [7, 11) is 1.25. The van der Waals surface area contributed by atoms with E-state index in [2.05, 4.69) is 9.97 Å². The molecule has 0 aliphatic carbocycles. The maximum atomic E-state index is 15.0. The number of rotatable bonds is 6. The zero-order valence-corrected chi connectivity index (χ0v) is 18.1. The highest BCUT2D eigenvalue weighted by molar-refractivity contribution is 6.32. The number of halogens is 2. The van der Waals surface area contributed by atoms with E-state index in [1.165, 1.54) is 25.3 Å². The minimum absolute atomic E-state index is 0.0360. The lowest BCUT2D eigenvalue weighted by Gasteiger charge is -2.11. The highest BCUT2D eigenvalue weighted by Gasteiger charge is 2.24. The van der Waals surface area contributed by atoms with Crippen molar-refractivity contribution in [2.45, 2.75) is 13.5 Å². The van der Waals surface area contributed by atoms with Gasteiger partial charge in [0, 0.05) is 17.8 Å². The molecule has 0 aliphatic heterocycles. The highest BCUT2D eigenvalue weighted by Crippen LogP contribution is 2.35. The van der Waals surface area contributed by atoms with Gasteiger partial charge in [0.15, 0.2) is 23.1 Å². The molecule has 0 unspecified atom stereocenters. The number of aromatic carboxylic acids is 1. The van der Waals surface area contributed by atoms with Crippen molar-refractivity contribution in [1.82, 2.24) is 14.5 Å². The Labute approximate surface area is 191 Å². The number of aromatic nitrogens is 3. The van der Waals surface area contributed by atoms with E-state index in [4.69, 9.17) is 16.3 Å². The Morgan fingerprint density at radius 2 is 2.00 bits per heavy atom. The highest BCUT2D eigenvalue weighted by atomic mass is 35.5. The molecular formula is C22H16ClFN4O5. The molecular weight excluding hydrogens is 455 g/mol. The van der Waals surface area contributed by atoms with Crippen LogP contribution in [0.25, 0.3) is 22.4 Å². The van der Waals surface area contributed by atoms with Crippen molar-refractivity contribution >= 4 is 34.3 Å². The molecule has 168 valence electrons. The minimum atomic E-state index is -1.32. The third-order valence-electron chi connectivity index (χ3n) is 5.13. The number of ether oxygens (including phenoxy) is 1. The van der Waals surface area contributed by atoms with Crippen LogP contribution < -0.4 is 4.74 Å². The summed E-state index contributed by atoms with van der Waals surface area (Å²) in [6.07, 6.45) is 1.63. The van der Waals surface area contributed by atoms with Crippen LogP contribution in [0.5, 0.6) is 5.75 Å². The van der Waals surface area contributed by atoms with Crippen molar-refractivity contribution < 1.29 is 24.0 Å². The van der Waals surface area contributed by atoms with Gasteiger partial charge in [0.2, 0.25) is 0 Å². The van der Waals surface area contributed by atoms with E-state index in [0.29, 0.717) is 11.1 Å². The largest absolute Gasteiger partial charge is 0.492 e. The zero-order chi connectivity index (χ0) is 23.9. The summed E-state index contributed by atoms with van der Waals surface area (Å²) in [4.78, 5) is 31.4. The summed E-state index contributed by atoms with van der Waals surface area (Å²) < 4.78 is 21.6. The van der Waals surface area contributed by atoms with Crippen LogP contribution in [0.1, 0.15) is 21.6 Å². The second-order valence-corrected chi connectivity index (χ2v) is 7.57. The lowest BCUT2D eigenvalue weighted by Crippen LogP contribution is -2.08. The van der Waals surface area contributed by atoms with Gasteiger partial charge < -0.3 is 14.4 Å². The van der Waals surface area contributed by atoms with Crippen molar-refractivity contribution in [3.8, 4) is 17.1 Å². The Kier molecular flexibility index (Phi) is 5.69. The molecule has 9 nitrogen and oxygen atoms in total. The van der Waals surface area contributed by atoms with Crippen LogP contribution in [-0.2, 0) is 6.54 Å². The monoisotopic (exact) mass is 470 g/mol. The lowest BCUT2D eigenvalue weighted by molar-refractivity contribution is -0.385. The van der Waals surface area contributed by atoms with Crippen molar-refractivity contribution in [3.05, 3.63) is 80.4 Å². The van der Waals surface area contributed by atoms with Gasteiger partial charge in [-0.2, -0.15) is 0 Å². The number of nitro groups is 1. The predicted molar refractivity (Wildman–Crippen MR) is 118 cm³/mol. The number of carbonyl (C=O) groups is 1. The van der Waals surface area contributed by atoms with Crippen LogP contribution in [0.2, 0.25) is 5.02 Å². The second-order valence-electron chi connectivity index (χ2n) is 7.17. The molecule has 2 aromatic carbocycles. The fraction of sp³-hybridized carbons (Fsp3) is 0.136. The number of aryl methyl sites for hydroxylation is 1. The molecule has 0 bridgehead atoms. The number of hydrogen-bond donors (Lipinski definition) is 1. The van der Waals surface area contributed by atoms with E-state index in [1.807, 2.05) is 0 Å². The molecule has 2 aromatic heterocycles. The molecule has 0 saturated carbocycles. The molecule has 0 amide bonds. The number of para-hydroxylation sites is 1. The molecule has 1 N–H and O–H groups in total. The van der Waals surface area contributed by atoms with Gasteiger partial charge >= 0.3 is 5.97 Å². The lowest BCUT2D eigenvalue weighted by atomic mass is 10.1. The molecule has 0 aliphatic rings. The molecule has 0 fully saturated rings. The molecule has 11 heteroatoms. The average molecular weight is 471 g/mol. The number of hydrogen-bond acceptors (Lipinski definition) is 6. The van der Waals surface area contributed by atoms with Crippen molar-refractivity contribution in [3.63, 3.8) is 0 Å². The van der Waals surface area contributed by atoms with Crippen molar-refractivity contribution in [2.24, 2.45) is 0 Å². The number of fused-ring (bicyclic) bond motifs is 1. The van der Waals surface area contributed by atoms with Gasteiger partial charge in [-0.15, -0.1) is 0 Å². The van der Waals surface area contributed by atoms with E-state index in [9.17, 15) is 20.0 Å². The first-order valence-electron chi connectivity index (χ1n) is 9.58. The number of carboxylic acids is 1. The van der Waals surface area contributed by atoms with Crippen LogP contribution in [0.3, 0.4) is 0 Å². The van der Waals surface area contributed by atoms with Crippen LogP contribution in [0.15, 0.2) is 42.6 Å². The number of carboxylic acid groups (broad SMARTS) is 1. The normalized spacial score (nSPS) is 11.0. The summed E-state index contributed by atoms with van der Waals surface area (Å²) in [5.74, 6) is -2.57. The molecule has 4 aromatic rings. The minimum Gasteiger partial charge on any atom is -0.492 e. The summed E-state index contributed by atoms with van der Waals surface area (Å²) in [6.45, 7) is 1.73.